The Morgan fingerprint density at radius 3 is 2.50 bits per heavy atom. The maximum atomic E-state index is 12.5. The van der Waals surface area contributed by atoms with Crippen molar-refractivity contribution in [3.8, 4) is 5.75 Å². The van der Waals surface area contributed by atoms with Crippen molar-refractivity contribution < 1.29 is 9.53 Å². The monoisotopic (exact) mass is 272 g/mol. The van der Waals surface area contributed by atoms with Crippen LogP contribution in [0.1, 0.15) is 42.5 Å². The number of benzene rings is 1. The molecule has 1 aromatic carbocycles. The summed E-state index contributed by atoms with van der Waals surface area (Å²) in [6.45, 7) is 8.50. The van der Waals surface area contributed by atoms with E-state index in [1.807, 2.05) is 45.9 Å². The first-order valence-corrected chi connectivity index (χ1v) is 6.87. The van der Waals surface area contributed by atoms with Crippen molar-refractivity contribution >= 4 is 5.78 Å². The van der Waals surface area contributed by atoms with E-state index in [4.69, 9.17) is 4.74 Å². The van der Waals surface area contributed by atoms with Crippen LogP contribution >= 0.6 is 0 Å². The third-order valence-corrected chi connectivity index (χ3v) is 2.92. The average Bonchev–Trinajstić information content (AvgIpc) is 2.79. The number of ether oxygens (including phenoxy) is 1. The van der Waals surface area contributed by atoms with Crippen molar-refractivity contribution in [2.24, 2.45) is 0 Å². The summed E-state index contributed by atoms with van der Waals surface area (Å²) in [5.41, 5.74) is 2.13. The van der Waals surface area contributed by atoms with Crippen molar-refractivity contribution in [3.05, 3.63) is 47.3 Å². The summed E-state index contributed by atoms with van der Waals surface area (Å²) in [7, 11) is 0. The minimum Gasteiger partial charge on any atom is -0.491 e. The Labute approximate surface area is 119 Å². The molecule has 0 amide bonds. The zero-order valence-corrected chi connectivity index (χ0v) is 12.4. The van der Waals surface area contributed by atoms with Crippen LogP contribution in [-0.4, -0.2) is 21.7 Å². The second-order valence-electron chi connectivity index (χ2n) is 5.01. The topological polar surface area (TPSA) is 44.1 Å². The average molecular weight is 272 g/mol. The van der Waals surface area contributed by atoms with Gasteiger partial charge in [-0.25, -0.2) is 0 Å². The fourth-order valence-corrected chi connectivity index (χ4v) is 2.07. The molecule has 0 aliphatic heterocycles. The molecule has 0 radical (unpaired) electrons. The molecule has 4 heteroatoms. The number of carbonyl (C=O) groups is 1. The van der Waals surface area contributed by atoms with E-state index >= 15 is 0 Å². The van der Waals surface area contributed by atoms with E-state index in [-0.39, 0.29) is 11.9 Å². The van der Waals surface area contributed by atoms with Crippen LogP contribution in [0.3, 0.4) is 0 Å². The highest BCUT2D eigenvalue weighted by molar-refractivity contribution is 6.08. The van der Waals surface area contributed by atoms with Crippen molar-refractivity contribution in [1.82, 2.24) is 9.78 Å². The van der Waals surface area contributed by atoms with E-state index in [0.717, 1.165) is 11.4 Å². The molecular weight excluding hydrogens is 252 g/mol. The molecule has 0 unspecified atom stereocenters. The molecule has 2 aromatic rings. The highest BCUT2D eigenvalue weighted by atomic mass is 16.5. The summed E-state index contributed by atoms with van der Waals surface area (Å²) in [5.74, 6) is 0.764. The number of hydrogen-bond acceptors (Lipinski definition) is 3. The minimum atomic E-state index is -0.0106. The van der Waals surface area contributed by atoms with E-state index in [0.29, 0.717) is 17.8 Å². The first-order chi connectivity index (χ1) is 9.51. The molecule has 0 N–H and O–H groups in total. The Kier molecular flexibility index (Phi) is 4.23. The number of ketones is 1. The first kappa shape index (κ1) is 14.3. The van der Waals surface area contributed by atoms with Gasteiger partial charge in [0, 0.05) is 12.1 Å². The van der Waals surface area contributed by atoms with Crippen LogP contribution < -0.4 is 4.74 Å². The Morgan fingerprint density at radius 2 is 1.95 bits per heavy atom. The fraction of sp³-hybridized carbons (Fsp3) is 0.375. The van der Waals surface area contributed by atoms with Gasteiger partial charge in [0.1, 0.15) is 11.4 Å². The fourth-order valence-electron chi connectivity index (χ4n) is 2.07. The smallest absolute Gasteiger partial charge is 0.211 e. The van der Waals surface area contributed by atoms with Crippen LogP contribution in [-0.2, 0) is 6.54 Å². The standard InChI is InChI=1S/C16H20N2O2/c1-5-18-15(10-12(4)17-18)16(19)13-6-8-14(9-7-13)20-11(2)3/h6-11H,5H2,1-4H3. The Balaban J connectivity index is 2.24. The summed E-state index contributed by atoms with van der Waals surface area (Å²) >= 11 is 0. The molecule has 1 heterocycles. The lowest BCUT2D eigenvalue weighted by Crippen LogP contribution is -2.11. The molecule has 106 valence electrons. The van der Waals surface area contributed by atoms with Gasteiger partial charge < -0.3 is 4.74 Å². The molecule has 0 saturated heterocycles. The van der Waals surface area contributed by atoms with Gasteiger partial charge in [0.2, 0.25) is 5.78 Å². The summed E-state index contributed by atoms with van der Waals surface area (Å²) in [5, 5.41) is 4.30. The lowest BCUT2D eigenvalue weighted by atomic mass is 10.1. The van der Waals surface area contributed by atoms with Gasteiger partial charge in [0.15, 0.2) is 0 Å². The van der Waals surface area contributed by atoms with Gasteiger partial charge in [-0.2, -0.15) is 5.10 Å². The molecule has 0 saturated carbocycles. The van der Waals surface area contributed by atoms with Gasteiger partial charge in [-0.1, -0.05) is 0 Å². The molecule has 0 fully saturated rings. The van der Waals surface area contributed by atoms with E-state index in [9.17, 15) is 4.79 Å². The molecule has 20 heavy (non-hydrogen) atoms. The van der Waals surface area contributed by atoms with Gasteiger partial charge in [0.05, 0.1) is 11.8 Å². The van der Waals surface area contributed by atoms with Crippen molar-refractivity contribution in [2.45, 2.75) is 40.3 Å². The molecule has 0 aliphatic carbocycles. The molecule has 0 atom stereocenters. The van der Waals surface area contributed by atoms with Crippen LogP contribution in [0.2, 0.25) is 0 Å². The second kappa shape index (κ2) is 5.90. The van der Waals surface area contributed by atoms with E-state index in [1.165, 1.54) is 0 Å². The number of hydrogen-bond donors (Lipinski definition) is 0. The zero-order valence-electron chi connectivity index (χ0n) is 12.4. The summed E-state index contributed by atoms with van der Waals surface area (Å²) in [6.07, 6.45) is 0.126. The maximum absolute atomic E-state index is 12.5. The zero-order chi connectivity index (χ0) is 14.7. The van der Waals surface area contributed by atoms with Crippen LogP contribution in [0, 0.1) is 6.92 Å². The first-order valence-electron chi connectivity index (χ1n) is 6.87. The number of aryl methyl sites for hydroxylation is 2. The molecule has 1 aromatic heterocycles. The molecule has 2 rings (SSSR count). The number of rotatable bonds is 5. The normalized spacial score (nSPS) is 10.8. The molecule has 4 nitrogen and oxygen atoms in total. The highest BCUT2D eigenvalue weighted by Crippen LogP contribution is 2.17. The van der Waals surface area contributed by atoms with Crippen LogP contribution in [0.15, 0.2) is 30.3 Å². The van der Waals surface area contributed by atoms with Gasteiger partial charge in [-0.05, 0) is 58.0 Å². The minimum absolute atomic E-state index is 0.0106. The highest BCUT2D eigenvalue weighted by Gasteiger charge is 2.15. The number of nitrogens with zero attached hydrogens (tertiary/aromatic N) is 2. The maximum Gasteiger partial charge on any atom is 0.211 e. The van der Waals surface area contributed by atoms with Crippen molar-refractivity contribution in [2.75, 3.05) is 0 Å². The van der Waals surface area contributed by atoms with Gasteiger partial charge in [-0.3, -0.25) is 9.48 Å². The second-order valence-corrected chi connectivity index (χ2v) is 5.01. The SMILES string of the molecule is CCn1nc(C)cc1C(=O)c1ccc(OC(C)C)cc1. The van der Waals surface area contributed by atoms with Crippen molar-refractivity contribution in [1.29, 1.82) is 0 Å². The van der Waals surface area contributed by atoms with Gasteiger partial charge in [-0.15, -0.1) is 0 Å². The Hall–Kier alpha value is -2.10. The Bertz CT molecular complexity index is 597. The lowest BCUT2D eigenvalue weighted by Gasteiger charge is -2.10. The quantitative estimate of drug-likeness (QED) is 0.785. The molecular formula is C16H20N2O2. The predicted molar refractivity (Wildman–Crippen MR) is 78.3 cm³/mol. The van der Waals surface area contributed by atoms with Crippen LogP contribution in [0.25, 0.3) is 0 Å². The number of aromatic nitrogens is 2. The number of carbonyl (C=O) groups excluding carboxylic acids is 1. The predicted octanol–water partition coefficient (Wildman–Crippen LogP) is 3.23. The molecule has 0 spiro atoms. The summed E-state index contributed by atoms with van der Waals surface area (Å²) < 4.78 is 7.31. The summed E-state index contributed by atoms with van der Waals surface area (Å²) in [4.78, 5) is 12.5. The lowest BCUT2D eigenvalue weighted by molar-refractivity contribution is 0.102. The van der Waals surface area contributed by atoms with Crippen molar-refractivity contribution in [3.63, 3.8) is 0 Å². The van der Waals surface area contributed by atoms with Gasteiger partial charge >= 0.3 is 0 Å². The van der Waals surface area contributed by atoms with Crippen LogP contribution in [0.5, 0.6) is 5.75 Å². The van der Waals surface area contributed by atoms with Crippen LogP contribution in [0.4, 0.5) is 0 Å². The third kappa shape index (κ3) is 3.07. The summed E-state index contributed by atoms with van der Waals surface area (Å²) in [6, 6.07) is 9.06. The van der Waals surface area contributed by atoms with Gasteiger partial charge in [0.25, 0.3) is 0 Å². The van der Waals surface area contributed by atoms with E-state index < -0.39 is 0 Å². The van der Waals surface area contributed by atoms with E-state index in [2.05, 4.69) is 5.10 Å². The largest absolute Gasteiger partial charge is 0.491 e. The molecule has 0 aliphatic rings. The third-order valence-electron chi connectivity index (χ3n) is 2.92. The molecule has 0 bridgehead atoms. The van der Waals surface area contributed by atoms with E-state index in [1.54, 1.807) is 16.8 Å². The Morgan fingerprint density at radius 1 is 1.30 bits per heavy atom.